The Kier molecular flexibility index (Phi) is 7.33. The average Bonchev–Trinajstić information content (AvgIpc) is 3.26. The van der Waals surface area contributed by atoms with Crippen molar-refractivity contribution in [2.75, 3.05) is 24.2 Å². The van der Waals surface area contributed by atoms with Gasteiger partial charge in [-0.05, 0) is 61.5 Å². The standard InChI is InChI=1S/C24H24ClN3O3S/c1-14-10-15(2)22(16(3)11-14)27-21(29)13-28(4)24(31)17-7-8-18(25)19(12-17)26-23(30)20-6-5-9-32-20/h5-12H,13H2,1-4H3,(H,26,30)(H,27,29). The van der Waals surface area contributed by atoms with E-state index in [-0.39, 0.29) is 24.3 Å². The number of rotatable bonds is 6. The molecular weight excluding hydrogens is 446 g/mol. The van der Waals surface area contributed by atoms with Crippen LogP contribution in [0.25, 0.3) is 0 Å². The summed E-state index contributed by atoms with van der Waals surface area (Å²) in [5.74, 6) is -0.958. The van der Waals surface area contributed by atoms with Gasteiger partial charge in [-0.1, -0.05) is 35.4 Å². The van der Waals surface area contributed by atoms with E-state index < -0.39 is 0 Å². The molecule has 0 unspecified atom stereocenters. The first-order chi connectivity index (χ1) is 15.2. The predicted octanol–water partition coefficient (Wildman–Crippen LogP) is 5.29. The highest BCUT2D eigenvalue weighted by atomic mass is 35.5. The number of nitrogens with one attached hydrogen (secondary N) is 2. The fraction of sp³-hybridized carbons (Fsp3) is 0.208. The molecular formula is C24H24ClN3O3S. The Hall–Kier alpha value is -3.16. The topological polar surface area (TPSA) is 78.5 Å². The van der Waals surface area contributed by atoms with E-state index in [1.54, 1.807) is 36.7 Å². The average molecular weight is 470 g/mol. The van der Waals surface area contributed by atoms with Gasteiger partial charge in [0.2, 0.25) is 5.91 Å². The maximum Gasteiger partial charge on any atom is 0.265 e. The third-order valence-electron chi connectivity index (χ3n) is 4.88. The SMILES string of the molecule is Cc1cc(C)c(NC(=O)CN(C)C(=O)c2ccc(Cl)c(NC(=O)c3cccs3)c2)c(C)c1. The molecule has 0 radical (unpaired) electrons. The quantitative estimate of drug-likeness (QED) is 0.514. The van der Waals surface area contributed by atoms with Gasteiger partial charge in [0.15, 0.2) is 0 Å². The zero-order valence-electron chi connectivity index (χ0n) is 18.3. The number of thiophene rings is 1. The van der Waals surface area contributed by atoms with Crippen molar-refractivity contribution < 1.29 is 14.4 Å². The highest BCUT2D eigenvalue weighted by Crippen LogP contribution is 2.25. The van der Waals surface area contributed by atoms with E-state index in [0.717, 1.165) is 22.4 Å². The van der Waals surface area contributed by atoms with E-state index >= 15 is 0 Å². The lowest BCUT2D eigenvalue weighted by molar-refractivity contribution is -0.116. The second-order valence-corrected chi connectivity index (χ2v) is 8.96. The second-order valence-electron chi connectivity index (χ2n) is 7.61. The summed E-state index contributed by atoms with van der Waals surface area (Å²) < 4.78 is 0. The minimum Gasteiger partial charge on any atom is -0.332 e. The number of hydrogen-bond acceptors (Lipinski definition) is 4. The molecule has 0 aliphatic carbocycles. The first kappa shape index (κ1) is 23.5. The summed E-state index contributed by atoms with van der Waals surface area (Å²) in [5, 5.41) is 7.74. The van der Waals surface area contributed by atoms with Crippen LogP contribution in [-0.4, -0.2) is 36.2 Å². The highest BCUT2D eigenvalue weighted by molar-refractivity contribution is 7.12. The van der Waals surface area contributed by atoms with Gasteiger partial charge in [0.25, 0.3) is 11.8 Å². The molecule has 3 rings (SSSR count). The molecule has 0 aliphatic heterocycles. The Bertz CT molecular complexity index is 1150. The normalized spacial score (nSPS) is 10.5. The molecule has 0 aliphatic rings. The minimum absolute atomic E-state index is 0.120. The van der Waals surface area contributed by atoms with Gasteiger partial charge < -0.3 is 15.5 Å². The van der Waals surface area contributed by atoms with E-state index in [1.165, 1.54) is 22.3 Å². The fourth-order valence-corrected chi connectivity index (χ4v) is 4.19. The summed E-state index contributed by atoms with van der Waals surface area (Å²) in [7, 11) is 1.55. The molecule has 1 aromatic heterocycles. The number of anilines is 2. The van der Waals surface area contributed by atoms with Crippen molar-refractivity contribution in [1.82, 2.24) is 4.90 Å². The Balaban J connectivity index is 1.69. The maximum absolute atomic E-state index is 12.9. The van der Waals surface area contributed by atoms with Crippen molar-refractivity contribution >= 4 is 52.0 Å². The van der Waals surface area contributed by atoms with Gasteiger partial charge in [-0.2, -0.15) is 0 Å². The molecule has 0 bridgehead atoms. The molecule has 3 aromatic rings. The minimum atomic E-state index is -0.360. The summed E-state index contributed by atoms with van der Waals surface area (Å²) in [4.78, 5) is 39.6. The lowest BCUT2D eigenvalue weighted by Gasteiger charge is -2.19. The van der Waals surface area contributed by atoms with Crippen LogP contribution >= 0.6 is 22.9 Å². The summed E-state index contributed by atoms with van der Waals surface area (Å²) in [6.45, 7) is 5.75. The molecule has 0 saturated carbocycles. The lowest BCUT2D eigenvalue weighted by atomic mass is 10.1. The van der Waals surface area contributed by atoms with Gasteiger partial charge in [-0.15, -0.1) is 11.3 Å². The third-order valence-corrected chi connectivity index (χ3v) is 6.07. The van der Waals surface area contributed by atoms with E-state index in [0.29, 0.717) is 21.2 Å². The highest BCUT2D eigenvalue weighted by Gasteiger charge is 2.18. The molecule has 1 heterocycles. The Morgan fingerprint density at radius 1 is 1.00 bits per heavy atom. The molecule has 6 nitrogen and oxygen atoms in total. The van der Waals surface area contributed by atoms with Crippen LogP contribution in [0.15, 0.2) is 47.8 Å². The number of benzene rings is 2. The number of carbonyl (C=O) groups excluding carboxylic acids is 3. The number of amides is 3. The Labute approximate surface area is 196 Å². The van der Waals surface area contributed by atoms with Gasteiger partial charge >= 0.3 is 0 Å². The van der Waals surface area contributed by atoms with Crippen molar-refractivity contribution in [3.05, 3.63) is 80.0 Å². The summed E-state index contributed by atoms with van der Waals surface area (Å²) >= 11 is 7.51. The smallest absolute Gasteiger partial charge is 0.265 e. The van der Waals surface area contributed by atoms with Gasteiger partial charge in [-0.3, -0.25) is 14.4 Å². The summed E-state index contributed by atoms with van der Waals surface area (Å²) in [6, 6.07) is 12.1. The van der Waals surface area contributed by atoms with E-state index in [2.05, 4.69) is 10.6 Å². The van der Waals surface area contributed by atoms with Crippen LogP contribution in [0.4, 0.5) is 11.4 Å². The van der Waals surface area contributed by atoms with E-state index in [9.17, 15) is 14.4 Å². The first-order valence-corrected chi connectivity index (χ1v) is 11.2. The third kappa shape index (κ3) is 5.55. The van der Waals surface area contributed by atoms with E-state index in [1.807, 2.05) is 32.9 Å². The summed E-state index contributed by atoms with van der Waals surface area (Å²) in [6.07, 6.45) is 0. The summed E-state index contributed by atoms with van der Waals surface area (Å²) in [5.41, 5.74) is 4.46. The van der Waals surface area contributed by atoms with Crippen LogP contribution in [0.1, 0.15) is 36.7 Å². The zero-order valence-corrected chi connectivity index (χ0v) is 19.9. The number of aryl methyl sites for hydroxylation is 3. The Morgan fingerprint density at radius 2 is 1.69 bits per heavy atom. The Morgan fingerprint density at radius 3 is 2.31 bits per heavy atom. The van der Waals surface area contributed by atoms with Gasteiger partial charge in [-0.25, -0.2) is 0 Å². The maximum atomic E-state index is 12.9. The number of hydrogen-bond donors (Lipinski definition) is 2. The van der Waals surface area contributed by atoms with Crippen molar-refractivity contribution in [3.8, 4) is 0 Å². The predicted molar refractivity (Wildman–Crippen MR) is 130 cm³/mol. The van der Waals surface area contributed by atoms with Crippen molar-refractivity contribution in [2.24, 2.45) is 0 Å². The number of carbonyl (C=O) groups is 3. The number of likely N-dealkylation sites (N-methyl/N-ethyl adjacent to an activating group) is 1. The second kappa shape index (κ2) is 9.97. The molecule has 8 heteroatoms. The van der Waals surface area contributed by atoms with Gasteiger partial charge in [0.1, 0.15) is 0 Å². The van der Waals surface area contributed by atoms with Crippen LogP contribution in [-0.2, 0) is 4.79 Å². The molecule has 3 amide bonds. The van der Waals surface area contributed by atoms with Crippen LogP contribution in [0.2, 0.25) is 5.02 Å². The molecule has 32 heavy (non-hydrogen) atoms. The monoisotopic (exact) mass is 469 g/mol. The molecule has 0 atom stereocenters. The van der Waals surface area contributed by atoms with Crippen molar-refractivity contribution in [3.63, 3.8) is 0 Å². The number of halogens is 1. The van der Waals surface area contributed by atoms with E-state index in [4.69, 9.17) is 11.6 Å². The van der Waals surface area contributed by atoms with Crippen LogP contribution in [0, 0.1) is 20.8 Å². The van der Waals surface area contributed by atoms with Crippen LogP contribution in [0.3, 0.4) is 0 Å². The van der Waals surface area contributed by atoms with Gasteiger partial charge in [0, 0.05) is 18.3 Å². The molecule has 0 saturated heterocycles. The molecule has 2 aromatic carbocycles. The van der Waals surface area contributed by atoms with Crippen LogP contribution < -0.4 is 10.6 Å². The molecule has 166 valence electrons. The molecule has 0 fully saturated rings. The molecule has 0 spiro atoms. The molecule has 2 N–H and O–H groups in total. The number of nitrogens with zero attached hydrogens (tertiary/aromatic N) is 1. The first-order valence-electron chi connectivity index (χ1n) is 9.93. The fourth-order valence-electron chi connectivity index (χ4n) is 3.41. The van der Waals surface area contributed by atoms with Crippen molar-refractivity contribution in [1.29, 1.82) is 0 Å². The van der Waals surface area contributed by atoms with Crippen molar-refractivity contribution in [2.45, 2.75) is 20.8 Å². The zero-order chi connectivity index (χ0) is 23.4. The lowest BCUT2D eigenvalue weighted by Crippen LogP contribution is -2.35. The van der Waals surface area contributed by atoms with Crippen LogP contribution in [0.5, 0.6) is 0 Å². The largest absolute Gasteiger partial charge is 0.332 e. The van der Waals surface area contributed by atoms with Gasteiger partial charge in [0.05, 0.1) is 22.1 Å².